The lowest BCUT2D eigenvalue weighted by molar-refractivity contribution is 0.327. The average Bonchev–Trinajstić information content (AvgIpc) is 2.14. The van der Waals surface area contributed by atoms with Gasteiger partial charge in [-0.25, -0.2) is 0 Å². The molecule has 14 heavy (non-hydrogen) atoms. The van der Waals surface area contributed by atoms with Gasteiger partial charge in [0.05, 0.1) is 6.61 Å². The fourth-order valence-corrected chi connectivity index (χ4v) is 1.01. The molecule has 1 heterocycles. The van der Waals surface area contributed by atoms with Crippen LogP contribution in [-0.4, -0.2) is 23.1 Å². The molecule has 0 aliphatic heterocycles. The van der Waals surface area contributed by atoms with Crippen molar-refractivity contribution in [2.45, 2.75) is 20.3 Å². The molecular weight excluding hydrogens is 180 g/mol. The Bertz CT molecular complexity index is 290. The van der Waals surface area contributed by atoms with Gasteiger partial charge in [-0.2, -0.15) is 9.97 Å². The minimum Gasteiger partial charge on any atom is -0.478 e. The third-order valence-electron chi connectivity index (χ3n) is 1.57. The minimum atomic E-state index is 0.231. The topological polar surface area (TPSA) is 73.1 Å². The Morgan fingerprint density at radius 3 is 2.86 bits per heavy atom. The van der Waals surface area contributed by atoms with Crippen molar-refractivity contribution in [3.63, 3.8) is 0 Å². The Morgan fingerprint density at radius 1 is 1.43 bits per heavy atom. The Hall–Kier alpha value is -1.52. The van der Waals surface area contributed by atoms with E-state index in [1.807, 2.05) is 6.92 Å². The van der Waals surface area contributed by atoms with Crippen molar-refractivity contribution in [3.05, 3.63) is 6.07 Å². The maximum atomic E-state index is 5.52. The molecule has 0 unspecified atom stereocenters. The molecule has 0 aliphatic rings. The molecule has 0 aliphatic carbocycles. The maximum absolute atomic E-state index is 5.52. The van der Waals surface area contributed by atoms with Gasteiger partial charge in [0, 0.05) is 12.6 Å². The number of nitrogen functional groups attached to an aromatic ring is 1. The molecule has 0 radical (unpaired) electrons. The van der Waals surface area contributed by atoms with E-state index in [1.54, 1.807) is 6.07 Å². The Balaban J connectivity index is 2.73. The standard InChI is InChI=1S/C9H16N4O/c1-3-5-11-7-6-8(14-4-2)13-9(10)12-7/h6H,3-5H2,1-2H3,(H3,10,11,12,13). The van der Waals surface area contributed by atoms with Crippen molar-refractivity contribution in [2.75, 3.05) is 24.2 Å². The number of hydrogen-bond acceptors (Lipinski definition) is 5. The lowest BCUT2D eigenvalue weighted by Crippen LogP contribution is -2.06. The molecule has 78 valence electrons. The number of aromatic nitrogens is 2. The Labute approximate surface area is 83.7 Å². The van der Waals surface area contributed by atoms with E-state index in [0.717, 1.165) is 13.0 Å². The summed E-state index contributed by atoms with van der Waals surface area (Å²) in [7, 11) is 0. The lowest BCUT2D eigenvalue weighted by atomic mass is 10.4. The van der Waals surface area contributed by atoms with Gasteiger partial charge in [0.1, 0.15) is 5.82 Å². The molecule has 0 saturated carbocycles. The number of anilines is 2. The molecule has 5 nitrogen and oxygen atoms in total. The molecule has 1 rings (SSSR count). The summed E-state index contributed by atoms with van der Waals surface area (Å²) in [5, 5.41) is 3.12. The van der Waals surface area contributed by atoms with Crippen LogP contribution in [0.2, 0.25) is 0 Å². The van der Waals surface area contributed by atoms with E-state index in [4.69, 9.17) is 10.5 Å². The van der Waals surface area contributed by atoms with Crippen LogP contribution in [0.4, 0.5) is 11.8 Å². The molecule has 5 heteroatoms. The first kappa shape index (κ1) is 10.6. The van der Waals surface area contributed by atoms with Crippen LogP contribution in [0.15, 0.2) is 6.07 Å². The SMILES string of the molecule is CCCNc1cc(OCC)nc(N)n1. The molecular formula is C9H16N4O. The van der Waals surface area contributed by atoms with Crippen molar-refractivity contribution >= 4 is 11.8 Å². The van der Waals surface area contributed by atoms with E-state index in [2.05, 4.69) is 22.2 Å². The molecule has 0 amide bonds. The van der Waals surface area contributed by atoms with E-state index in [1.165, 1.54) is 0 Å². The number of nitrogens with one attached hydrogen (secondary N) is 1. The number of ether oxygens (including phenoxy) is 1. The van der Waals surface area contributed by atoms with Gasteiger partial charge < -0.3 is 15.8 Å². The maximum Gasteiger partial charge on any atom is 0.225 e. The van der Waals surface area contributed by atoms with Gasteiger partial charge in [-0.1, -0.05) is 6.92 Å². The molecule has 0 aromatic carbocycles. The summed E-state index contributed by atoms with van der Waals surface area (Å²) in [4.78, 5) is 7.97. The van der Waals surface area contributed by atoms with Crippen molar-refractivity contribution < 1.29 is 4.74 Å². The summed E-state index contributed by atoms with van der Waals surface area (Å²) in [5.74, 6) is 1.45. The molecule has 1 aromatic heterocycles. The highest BCUT2D eigenvalue weighted by Gasteiger charge is 2.01. The van der Waals surface area contributed by atoms with Gasteiger partial charge in [-0.05, 0) is 13.3 Å². The van der Waals surface area contributed by atoms with Crippen LogP contribution < -0.4 is 15.8 Å². The molecule has 0 atom stereocenters. The Morgan fingerprint density at radius 2 is 2.21 bits per heavy atom. The van der Waals surface area contributed by atoms with Gasteiger partial charge in [-0.15, -0.1) is 0 Å². The number of nitrogens with zero attached hydrogens (tertiary/aromatic N) is 2. The smallest absolute Gasteiger partial charge is 0.225 e. The molecule has 0 bridgehead atoms. The molecule has 0 spiro atoms. The van der Waals surface area contributed by atoms with Gasteiger partial charge in [0.25, 0.3) is 0 Å². The zero-order valence-corrected chi connectivity index (χ0v) is 8.58. The van der Waals surface area contributed by atoms with Gasteiger partial charge in [0.2, 0.25) is 11.8 Å². The summed E-state index contributed by atoms with van der Waals surface area (Å²) in [6, 6.07) is 1.75. The second-order valence-electron chi connectivity index (χ2n) is 2.81. The first-order valence-corrected chi connectivity index (χ1v) is 4.77. The van der Waals surface area contributed by atoms with Gasteiger partial charge >= 0.3 is 0 Å². The normalized spacial score (nSPS) is 9.86. The third-order valence-corrected chi connectivity index (χ3v) is 1.57. The van der Waals surface area contributed by atoms with Crippen LogP contribution >= 0.6 is 0 Å². The highest BCUT2D eigenvalue weighted by atomic mass is 16.5. The molecule has 3 N–H and O–H groups in total. The van der Waals surface area contributed by atoms with E-state index >= 15 is 0 Å². The summed E-state index contributed by atoms with van der Waals surface area (Å²) >= 11 is 0. The van der Waals surface area contributed by atoms with E-state index < -0.39 is 0 Å². The monoisotopic (exact) mass is 196 g/mol. The molecule has 0 saturated heterocycles. The predicted molar refractivity (Wildman–Crippen MR) is 56.4 cm³/mol. The first-order valence-electron chi connectivity index (χ1n) is 4.77. The second-order valence-corrected chi connectivity index (χ2v) is 2.81. The minimum absolute atomic E-state index is 0.231. The van der Waals surface area contributed by atoms with Crippen molar-refractivity contribution in [1.82, 2.24) is 9.97 Å². The van der Waals surface area contributed by atoms with Crippen LogP contribution in [0.5, 0.6) is 5.88 Å². The highest BCUT2D eigenvalue weighted by Crippen LogP contribution is 2.14. The van der Waals surface area contributed by atoms with Crippen LogP contribution in [0.1, 0.15) is 20.3 Å². The summed E-state index contributed by atoms with van der Waals surface area (Å²) < 4.78 is 5.24. The van der Waals surface area contributed by atoms with Crippen LogP contribution in [0.3, 0.4) is 0 Å². The fraction of sp³-hybridized carbons (Fsp3) is 0.556. The van der Waals surface area contributed by atoms with Gasteiger partial charge in [0.15, 0.2) is 0 Å². The number of rotatable bonds is 5. The largest absolute Gasteiger partial charge is 0.478 e. The van der Waals surface area contributed by atoms with Crippen molar-refractivity contribution in [1.29, 1.82) is 0 Å². The quantitative estimate of drug-likeness (QED) is 0.742. The average molecular weight is 196 g/mol. The lowest BCUT2D eigenvalue weighted by Gasteiger charge is -2.07. The van der Waals surface area contributed by atoms with Crippen molar-refractivity contribution in [3.8, 4) is 5.88 Å². The van der Waals surface area contributed by atoms with Gasteiger partial charge in [-0.3, -0.25) is 0 Å². The van der Waals surface area contributed by atoms with E-state index in [-0.39, 0.29) is 5.95 Å². The third kappa shape index (κ3) is 3.08. The number of nitrogens with two attached hydrogens (primary N) is 1. The molecule has 0 fully saturated rings. The summed E-state index contributed by atoms with van der Waals surface area (Å²) in [5.41, 5.74) is 5.52. The Kier molecular flexibility index (Phi) is 3.97. The predicted octanol–water partition coefficient (Wildman–Crippen LogP) is 1.28. The van der Waals surface area contributed by atoms with Crippen LogP contribution in [0.25, 0.3) is 0 Å². The first-order chi connectivity index (χ1) is 6.76. The summed E-state index contributed by atoms with van der Waals surface area (Å²) in [6.07, 6.45) is 1.04. The summed E-state index contributed by atoms with van der Waals surface area (Å²) in [6.45, 7) is 5.42. The zero-order valence-electron chi connectivity index (χ0n) is 8.58. The van der Waals surface area contributed by atoms with E-state index in [9.17, 15) is 0 Å². The van der Waals surface area contributed by atoms with Crippen LogP contribution in [-0.2, 0) is 0 Å². The molecule has 1 aromatic rings. The van der Waals surface area contributed by atoms with E-state index in [0.29, 0.717) is 18.3 Å². The second kappa shape index (κ2) is 5.26. The fourth-order valence-electron chi connectivity index (χ4n) is 1.01. The zero-order chi connectivity index (χ0) is 10.4. The highest BCUT2D eigenvalue weighted by molar-refractivity contribution is 5.42. The van der Waals surface area contributed by atoms with Crippen LogP contribution in [0, 0.1) is 0 Å². The number of hydrogen-bond donors (Lipinski definition) is 2. The van der Waals surface area contributed by atoms with Crippen molar-refractivity contribution in [2.24, 2.45) is 0 Å².